The summed E-state index contributed by atoms with van der Waals surface area (Å²) in [6.45, 7) is 11.5. The van der Waals surface area contributed by atoms with Crippen LogP contribution in [0.4, 0.5) is 0 Å². The third-order valence-corrected chi connectivity index (χ3v) is 5.52. The number of ether oxygens (including phenoxy) is 3. The summed E-state index contributed by atoms with van der Waals surface area (Å²) in [6.07, 6.45) is 16.0. The van der Waals surface area contributed by atoms with Gasteiger partial charge in [0.1, 0.15) is 17.4 Å². The highest BCUT2D eigenvalue weighted by atomic mass is 16.5. The van der Waals surface area contributed by atoms with Crippen molar-refractivity contribution in [2.45, 2.75) is 78.1 Å². The zero-order chi connectivity index (χ0) is 22.9. The Hall–Kier alpha value is -2.29. The summed E-state index contributed by atoms with van der Waals surface area (Å²) in [5.41, 5.74) is 3.23. The molecule has 1 aromatic carbocycles. The van der Waals surface area contributed by atoms with Gasteiger partial charge in [-0.2, -0.15) is 0 Å². The van der Waals surface area contributed by atoms with Crippen LogP contribution in [0.2, 0.25) is 0 Å². The van der Waals surface area contributed by atoms with Crippen LogP contribution in [-0.4, -0.2) is 20.8 Å². The number of benzene rings is 1. The number of methoxy groups -OCH3 is 2. The second-order valence-electron chi connectivity index (χ2n) is 7.94. The Labute approximate surface area is 191 Å². The quantitative estimate of drug-likeness (QED) is 0.115. The third kappa shape index (κ3) is 10.0. The maximum atomic E-state index is 5.94. The van der Waals surface area contributed by atoms with Crippen LogP contribution in [0.3, 0.4) is 0 Å². The first-order valence-corrected chi connectivity index (χ1v) is 11.8. The molecule has 0 heterocycles. The van der Waals surface area contributed by atoms with Crippen molar-refractivity contribution >= 4 is 0 Å². The molecule has 0 fully saturated rings. The highest BCUT2D eigenvalue weighted by molar-refractivity contribution is 5.46. The van der Waals surface area contributed by atoms with E-state index in [0.717, 1.165) is 41.2 Å². The van der Waals surface area contributed by atoms with E-state index < -0.39 is 0 Å². The standard InChI is InChI=1S/C28H43O3/c1-7-9-10-11-12-13-14-15-21-31-26-18-16-25(17-19-26)24(4)28(27(8-2)30-6)23(3)20-22-29-5/h8,16-20,22,24H,4,7,9-15,21H2,1-3,5-6H3/q+1/b22-20+,27-8+,28-23-. The molecule has 1 unspecified atom stereocenters. The first kappa shape index (κ1) is 26.7. The Morgan fingerprint density at radius 3 is 2.13 bits per heavy atom. The topological polar surface area (TPSA) is 27.7 Å². The molecular weight excluding hydrogens is 384 g/mol. The van der Waals surface area contributed by atoms with E-state index in [9.17, 15) is 0 Å². The maximum absolute atomic E-state index is 5.94. The fraction of sp³-hybridized carbons (Fsp3) is 0.536. The predicted octanol–water partition coefficient (Wildman–Crippen LogP) is 8.15. The molecule has 0 N–H and O–H groups in total. The molecule has 0 aliphatic carbocycles. The van der Waals surface area contributed by atoms with Gasteiger partial charge in [0.15, 0.2) is 0 Å². The Kier molecular flexibility index (Phi) is 14.2. The van der Waals surface area contributed by atoms with Crippen molar-refractivity contribution in [2.75, 3.05) is 20.8 Å². The molecular formula is C28H43O3+. The Balaban J connectivity index is 2.63. The van der Waals surface area contributed by atoms with E-state index in [4.69, 9.17) is 14.2 Å². The van der Waals surface area contributed by atoms with Gasteiger partial charge in [0.2, 0.25) is 0 Å². The minimum atomic E-state index is -0.0607. The summed E-state index contributed by atoms with van der Waals surface area (Å²) in [6, 6.07) is 8.27. The van der Waals surface area contributed by atoms with E-state index in [1.807, 2.05) is 38.1 Å². The molecule has 3 heteroatoms. The first-order chi connectivity index (χ1) is 15.1. The summed E-state index contributed by atoms with van der Waals surface area (Å²) >= 11 is 0. The summed E-state index contributed by atoms with van der Waals surface area (Å²) in [7, 11) is 3.34. The van der Waals surface area contributed by atoms with Gasteiger partial charge >= 0.3 is 0 Å². The van der Waals surface area contributed by atoms with Crippen LogP contribution in [-0.2, 0) is 9.47 Å². The summed E-state index contributed by atoms with van der Waals surface area (Å²) in [4.78, 5) is 0. The van der Waals surface area contributed by atoms with Gasteiger partial charge in [-0.05, 0) is 50.1 Å². The average Bonchev–Trinajstić information content (AvgIpc) is 2.79. The normalized spacial score (nSPS) is 13.8. The zero-order valence-corrected chi connectivity index (χ0v) is 20.4. The number of hydrogen-bond donors (Lipinski definition) is 0. The van der Waals surface area contributed by atoms with E-state index in [-0.39, 0.29) is 5.92 Å². The Morgan fingerprint density at radius 1 is 0.968 bits per heavy atom. The van der Waals surface area contributed by atoms with Crippen molar-refractivity contribution in [1.29, 1.82) is 0 Å². The fourth-order valence-corrected chi connectivity index (χ4v) is 3.67. The molecule has 3 nitrogen and oxygen atoms in total. The van der Waals surface area contributed by atoms with Gasteiger partial charge in [0.05, 0.1) is 34.0 Å². The molecule has 0 aliphatic rings. The average molecular weight is 428 g/mol. The third-order valence-electron chi connectivity index (χ3n) is 5.52. The van der Waals surface area contributed by atoms with Gasteiger partial charge < -0.3 is 14.2 Å². The Morgan fingerprint density at radius 2 is 1.58 bits per heavy atom. The van der Waals surface area contributed by atoms with Gasteiger partial charge in [-0.3, -0.25) is 0 Å². The van der Waals surface area contributed by atoms with Crippen LogP contribution in [0.1, 0.15) is 83.6 Å². The van der Waals surface area contributed by atoms with Gasteiger partial charge in [-0.15, -0.1) is 0 Å². The lowest BCUT2D eigenvalue weighted by Crippen LogP contribution is -2.06. The summed E-state index contributed by atoms with van der Waals surface area (Å²) < 4.78 is 16.6. The van der Waals surface area contributed by atoms with Crippen LogP contribution >= 0.6 is 0 Å². The van der Waals surface area contributed by atoms with Crippen molar-refractivity contribution in [2.24, 2.45) is 0 Å². The van der Waals surface area contributed by atoms with Crippen LogP contribution in [0.5, 0.6) is 5.75 Å². The molecule has 31 heavy (non-hydrogen) atoms. The highest BCUT2D eigenvalue weighted by Crippen LogP contribution is 2.33. The fourth-order valence-electron chi connectivity index (χ4n) is 3.67. The molecule has 0 amide bonds. The minimum absolute atomic E-state index is 0.0607. The van der Waals surface area contributed by atoms with Gasteiger partial charge in [0.25, 0.3) is 0 Å². The van der Waals surface area contributed by atoms with Crippen LogP contribution in [0.15, 0.2) is 59.6 Å². The predicted molar refractivity (Wildman–Crippen MR) is 132 cm³/mol. The minimum Gasteiger partial charge on any atom is -0.504 e. The molecule has 0 radical (unpaired) electrons. The smallest absolute Gasteiger partial charge is 0.149 e. The molecule has 1 atom stereocenters. The number of rotatable bonds is 16. The second kappa shape index (κ2) is 16.4. The van der Waals surface area contributed by atoms with E-state index in [1.54, 1.807) is 20.5 Å². The van der Waals surface area contributed by atoms with Crippen molar-refractivity contribution in [3.8, 4) is 5.75 Å². The van der Waals surface area contributed by atoms with E-state index in [1.165, 1.54) is 44.9 Å². The number of allylic oxidation sites excluding steroid dienone is 4. The lowest BCUT2D eigenvalue weighted by Gasteiger charge is -2.17. The lowest BCUT2D eigenvalue weighted by molar-refractivity contribution is 0.296. The molecule has 0 spiro atoms. The van der Waals surface area contributed by atoms with Crippen molar-refractivity contribution in [1.82, 2.24) is 0 Å². The molecule has 0 aromatic heterocycles. The lowest BCUT2D eigenvalue weighted by atomic mass is 9.88. The monoisotopic (exact) mass is 427 g/mol. The molecule has 1 aromatic rings. The van der Waals surface area contributed by atoms with Gasteiger partial charge in [-0.1, -0.05) is 64.0 Å². The van der Waals surface area contributed by atoms with Crippen molar-refractivity contribution < 1.29 is 14.2 Å². The summed E-state index contributed by atoms with van der Waals surface area (Å²) in [5, 5.41) is 0. The van der Waals surface area contributed by atoms with E-state index in [2.05, 4.69) is 26.0 Å². The number of hydrogen-bond acceptors (Lipinski definition) is 3. The Bertz CT molecular complexity index is 683. The highest BCUT2D eigenvalue weighted by Gasteiger charge is 2.23. The maximum Gasteiger partial charge on any atom is 0.149 e. The molecule has 0 saturated heterocycles. The second-order valence-corrected chi connectivity index (χ2v) is 7.94. The van der Waals surface area contributed by atoms with Crippen molar-refractivity contribution in [3.05, 3.63) is 72.1 Å². The van der Waals surface area contributed by atoms with Gasteiger partial charge in [-0.25, -0.2) is 0 Å². The van der Waals surface area contributed by atoms with Gasteiger partial charge in [0, 0.05) is 11.1 Å². The van der Waals surface area contributed by atoms with Crippen molar-refractivity contribution in [3.63, 3.8) is 0 Å². The SMILES string of the molecule is [CH2+]C(C(=C(C)/C=C/OC)/C(=C\C)OC)c1ccc(OCCCCCCCCCC)cc1. The number of unbranched alkanes of at least 4 members (excludes halogenated alkanes) is 7. The molecule has 1 rings (SSSR count). The van der Waals surface area contributed by atoms with E-state index >= 15 is 0 Å². The first-order valence-electron chi connectivity index (χ1n) is 11.8. The van der Waals surface area contributed by atoms with E-state index in [0.29, 0.717) is 0 Å². The molecule has 0 bridgehead atoms. The molecule has 0 saturated carbocycles. The zero-order valence-electron chi connectivity index (χ0n) is 20.4. The van der Waals surface area contributed by atoms with Crippen LogP contribution in [0, 0.1) is 6.92 Å². The van der Waals surface area contributed by atoms with Crippen LogP contribution < -0.4 is 4.74 Å². The largest absolute Gasteiger partial charge is 0.504 e. The van der Waals surface area contributed by atoms with Crippen LogP contribution in [0.25, 0.3) is 0 Å². The molecule has 172 valence electrons. The summed E-state index contributed by atoms with van der Waals surface area (Å²) in [5.74, 6) is 1.68. The molecule has 0 aliphatic heterocycles.